The number of imidazole rings is 1. The largest absolute Gasteiger partial charge is 0.350 e. The van der Waals surface area contributed by atoms with E-state index in [1.54, 1.807) is 12.5 Å². The third-order valence-corrected chi connectivity index (χ3v) is 3.12. The maximum atomic E-state index is 11.8. The number of nitrogens with zero attached hydrogens (tertiary/aromatic N) is 2. The number of nitrogens with one attached hydrogen (secondary N) is 1. The van der Waals surface area contributed by atoms with E-state index in [0.29, 0.717) is 25.3 Å². The van der Waals surface area contributed by atoms with Gasteiger partial charge in [-0.1, -0.05) is 11.6 Å². The van der Waals surface area contributed by atoms with Crippen LogP contribution in [0, 0.1) is 0 Å². The molecule has 0 bridgehead atoms. The van der Waals surface area contributed by atoms with Crippen molar-refractivity contribution in [1.82, 2.24) is 14.9 Å². The van der Waals surface area contributed by atoms with Gasteiger partial charge in [-0.05, 0) is 25.7 Å². The summed E-state index contributed by atoms with van der Waals surface area (Å²) in [6.45, 7) is 1.92. The lowest BCUT2D eigenvalue weighted by Crippen LogP contribution is -2.25. The predicted octanol–water partition coefficient (Wildman–Crippen LogP) is 1.07. The molecular formula is C13H20N4O. The van der Waals surface area contributed by atoms with Crippen LogP contribution in [-0.4, -0.2) is 28.5 Å². The molecule has 0 spiro atoms. The van der Waals surface area contributed by atoms with Crippen LogP contribution in [0.15, 0.2) is 24.2 Å². The zero-order chi connectivity index (χ0) is 12.8. The number of aromatic nitrogens is 2. The zero-order valence-corrected chi connectivity index (χ0v) is 10.6. The number of allylic oxidation sites excluding steroid dienone is 1. The van der Waals surface area contributed by atoms with Gasteiger partial charge in [0, 0.05) is 25.8 Å². The van der Waals surface area contributed by atoms with Gasteiger partial charge in [-0.15, -0.1) is 0 Å². The average molecular weight is 248 g/mol. The molecule has 1 amide bonds. The van der Waals surface area contributed by atoms with Gasteiger partial charge in [0.25, 0.3) is 5.91 Å². The van der Waals surface area contributed by atoms with E-state index < -0.39 is 0 Å². The van der Waals surface area contributed by atoms with Crippen LogP contribution in [0.25, 0.3) is 0 Å². The molecule has 1 aromatic heterocycles. The molecule has 0 radical (unpaired) electrons. The van der Waals surface area contributed by atoms with E-state index >= 15 is 0 Å². The molecule has 18 heavy (non-hydrogen) atoms. The minimum Gasteiger partial charge on any atom is -0.350 e. The lowest BCUT2D eigenvalue weighted by Gasteiger charge is -2.03. The van der Waals surface area contributed by atoms with Crippen LogP contribution in [0.3, 0.4) is 0 Å². The molecule has 0 atom stereocenters. The van der Waals surface area contributed by atoms with Crippen molar-refractivity contribution in [2.45, 2.75) is 32.2 Å². The van der Waals surface area contributed by atoms with Gasteiger partial charge < -0.3 is 15.6 Å². The number of carbonyl (C=O) groups excluding carboxylic acids is 1. The normalized spacial score (nSPS) is 14.6. The van der Waals surface area contributed by atoms with Crippen molar-refractivity contribution < 1.29 is 4.79 Å². The summed E-state index contributed by atoms with van der Waals surface area (Å²) >= 11 is 0. The number of hydrogen-bond donors (Lipinski definition) is 2. The summed E-state index contributed by atoms with van der Waals surface area (Å²) in [6.07, 6.45) is 10.2. The molecule has 98 valence electrons. The van der Waals surface area contributed by atoms with Crippen LogP contribution in [0.4, 0.5) is 0 Å². The first-order chi connectivity index (χ1) is 8.79. The third kappa shape index (κ3) is 3.43. The third-order valence-electron chi connectivity index (χ3n) is 3.12. The molecule has 0 aromatic carbocycles. The smallest absolute Gasteiger partial charge is 0.271 e. The van der Waals surface area contributed by atoms with E-state index in [1.165, 1.54) is 24.8 Å². The SMILES string of the molecule is NCCn1cnc(C(=O)NCCC2=CCCC2)c1. The number of carbonyl (C=O) groups is 1. The van der Waals surface area contributed by atoms with Gasteiger partial charge in [-0.3, -0.25) is 4.79 Å². The second-order valence-electron chi connectivity index (χ2n) is 4.55. The highest BCUT2D eigenvalue weighted by Gasteiger charge is 2.09. The van der Waals surface area contributed by atoms with E-state index in [1.807, 2.05) is 4.57 Å². The van der Waals surface area contributed by atoms with Crippen LogP contribution < -0.4 is 11.1 Å². The number of amides is 1. The molecule has 0 saturated heterocycles. The molecule has 0 saturated carbocycles. The van der Waals surface area contributed by atoms with Crippen LogP contribution in [0.2, 0.25) is 0 Å². The maximum Gasteiger partial charge on any atom is 0.271 e. The molecule has 0 unspecified atom stereocenters. The van der Waals surface area contributed by atoms with Crippen molar-refractivity contribution in [2.24, 2.45) is 5.73 Å². The fourth-order valence-corrected chi connectivity index (χ4v) is 2.14. The summed E-state index contributed by atoms with van der Waals surface area (Å²) < 4.78 is 1.83. The average Bonchev–Trinajstić information content (AvgIpc) is 3.00. The molecule has 0 aliphatic heterocycles. The Balaban J connectivity index is 1.76. The van der Waals surface area contributed by atoms with Crippen LogP contribution in [0.1, 0.15) is 36.2 Å². The Kier molecular flexibility index (Phi) is 4.52. The molecule has 1 aliphatic carbocycles. The zero-order valence-electron chi connectivity index (χ0n) is 10.6. The van der Waals surface area contributed by atoms with E-state index in [2.05, 4.69) is 16.4 Å². The topological polar surface area (TPSA) is 72.9 Å². The highest BCUT2D eigenvalue weighted by Crippen LogP contribution is 2.19. The van der Waals surface area contributed by atoms with Gasteiger partial charge in [0.05, 0.1) is 6.33 Å². The molecule has 1 heterocycles. The minimum absolute atomic E-state index is 0.107. The molecular weight excluding hydrogens is 228 g/mol. The summed E-state index contributed by atoms with van der Waals surface area (Å²) in [4.78, 5) is 15.9. The second kappa shape index (κ2) is 6.35. The monoisotopic (exact) mass is 248 g/mol. The fraction of sp³-hybridized carbons (Fsp3) is 0.538. The summed E-state index contributed by atoms with van der Waals surface area (Å²) in [5.74, 6) is -0.107. The van der Waals surface area contributed by atoms with Crippen LogP contribution in [-0.2, 0) is 6.54 Å². The van der Waals surface area contributed by atoms with Crippen molar-refractivity contribution in [3.05, 3.63) is 29.9 Å². The van der Waals surface area contributed by atoms with Crippen LogP contribution in [0.5, 0.6) is 0 Å². The summed E-state index contributed by atoms with van der Waals surface area (Å²) in [7, 11) is 0. The summed E-state index contributed by atoms with van der Waals surface area (Å²) in [6, 6.07) is 0. The first-order valence-corrected chi connectivity index (χ1v) is 6.47. The fourth-order valence-electron chi connectivity index (χ4n) is 2.14. The second-order valence-corrected chi connectivity index (χ2v) is 4.55. The molecule has 0 fully saturated rings. The first kappa shape index (κ1) is 12.8. The van der Waals surface area contributed by atoms with E-state index in [0.717, 1.165) is 6.42 Å². The molecule has 3 N–H and O–H groups in total. The Morgan fingerprint density at radius 2 is 2.44 bits per heavy atom. The van der Waals surface area contributed by atoms with Gasteiger partial charge in [0.2, 0.25) is 0 Å². The molecule has 1 aliphatic rings. The van der Waals surface area contributed by atoms with Crippen molar-refractivity contribution in [2.75, 3.05) is 13.1 Å². The van der Waals surface area contributed by atoms with E-state index in [-0.39, 0.29) is 5.91 Å². The van der Waals surface area contributed by atoms with Gasteiger partial charge in [0.15, 0.2) is 0 Å². The lowest BCUT2D eigenvalue weighted by molar-refractivity contribution is 0.0949. The quantitative estimate of drug-likeness (QED) is 0.740. The Bertz CT molecular complexity index is 436. The van der Waals surface area contributed by atoms with Crippen molar-refractivity contribution in [3.8, 4) is 0 Å². The van der Waals surface area contributed by atoms with Gasteiger partial charge in [-0.2, -0.15) is 0 Å². The highest BCUT2D eigenvalue weighted by molar-refractivity contribution is 5.91. The Labute approximate surface area is 107 Å². The van der Waals surface area contributed by atoms with Gasteiger partial charge in [0.1, 0.15) is 5.69 Å². The predicted molar refractivity (Wildman–Crippen MR) is 70.2 cm³/mol. The van der Waals surface area contributed by atoms with Crippen molar-refractivity contribution in [3.63, 3.8) is 0 Å². The number of nitrogens with two attached hydrogens (primary N) is 1. The van der Waals surface area contributed by atoms with E-state index in [4.69, 9.17) is 5.73 Å². The Morgan fingerprint density at radius 3 is 3.17 bits per heavy atom. The number of hydrogen-bond acceptors (Lipinski definition) is 3. The summed E-state index contributed by atoms with van der Waals surface area (Å²) in [5.41, 5.74) is 7.36. The standard InChI is InChI=1S/C13H20N4O/c14-6-8-17-9-12(16-10-17)13(18)15-7-5-11-3-1-2-4-11/h3,9-10H,1-2,4-8,14H2,(H,15,18). The molecule has 2 rings (SSSR count). The van der Waals surface area contributed by atoms with Gasteiger partial charge >= 0.3 is 0 Å². The summed E-state index contributed by atoms with van der Waals surface area (Å²) in [5, 5.41) is 2.89. The lowest BCUT2D eigenvalue weighted by atomic mass is 10.2. The Morgan fingerprint density at radius 1 is 1.56 bits per heavy atom. The van der Waals surface area contributed by atoms with E-state index in [9.17, 15) is 4.79 Å². The first-order valence-electron chi connectivity index (χ1n) is 6.47. The maximum absolute atomic E-state index is 11.8. The molecule has 5 heteroatoms. The van der Waals surface area contributed by atoms with Crippen molar-refractivity contribution in [1.29, 1.82) is 0 Å². The van der Waals surface area contributed by atoms with Gasteiger partial charge in [-0.25, -0.2) is 4.98 Å². The van der Waals surface area contributed by atoms with Crippen molar-refractivity contribution >= 4 is 5.91 Å². The van der Waals surface area contributed by atoms with Crippen LogP contribution >= 0.6 is 0 Å². The Hall–Kier alpha value is -1.62. The number of rotatable bonds is 6. The minimum atomic E-state index is -0.107. The molecule has 1 aromatic rings. The molecule has 5 nitrogen and oxygen atoms in total. The highest BCUT2D eigenvalue weighted by atomic mass is 16.1.